The van der Waals surface area contributed by atoms with Crippen molar-refractivity contribution in [3.63, 3.8) is 0 Å². The fraction of sp³-hybridized carbons (Fsp3) is 0.647. The molecule has 2 saturated heterocycles. The Morgan fingerprint density at radius 3 is 2.33 bits per heavy atom. The average Bonchev–Trinajstić information content (AvgIpc) is 2.77. The lowest BCUT2D eigenvalue weighted by atomic mass is 9.83. The number of piperidine rings is 1. The predicted molar refractivity (Wildman–Crippen MR) is 86.2 cm³/mol. The molecule has 4 heteroatoms. The molecule has 2 aliphatic heterocycles. The van der Waals surface area contributed by atoms with Crippen LogP contribution in [0.4, 0.5) is 5.69 Å². The molecule has 2 heterocycles. The van der Waals surface area contributed by atoms with Crippen LogP contribution < -0.4 is 10.2 Å². The molecule has 21 heavy (non-hydrogen) atoms. The molecule has 1 spiro atoms. The van der Waals surface area contributed by atoms with Gasteiger partial charge in [-0.25, -0.2) is 0 Å². The molecule has 2 aliphatic rings. The number of nitrogens with zero attached hydrogens (tertiary/aromatic N) is 2. The van der Waals surface area contributed by atoms with E-state index >= 15 is 0 Å². The second-order valence-corrected chi connectivity index (χ2v) is 7.29. The minimum absolute atomic E-state index is 0.164. The maximum absolute atomic E-state index is 10.6. The lowest BCUT2D eigenvalue weighted by Crippen LogP contribution is -2.60. The fourth-order valence-electron chi connectivity index (χ4n) is 3.74. The van der Waals surface area contributed by atoms with Gasteiger partial charge in [-0.2, -0.15) is 0 Å². The molecule has 2 N–H and O–H groups in total. The number of aliphatic hydroxyl groups excluding tert-OH is 1. The average molecular weight is 289 g/mol. The second kappa shape index (κ2) is 5.27. The van der Waals surface area contributed by atoms with Crippen molar-refractivity contribution in [1.82, 2.24) is 10.2 Å². The van der Waals surface area contributed by atoms with Crippen LogP contribution in [0.25, 0.3) is 0 Å². The molecular formula is C17H27N3O. The van der Waals surface area contributed by atoms with Crippen LogP contribution in [0.3, 0.4) is 0 Å². The number of nitrogens with one attached hydrogen (secondary N) is 1. The van der Waals surface area contributed by atoms with Crippen LogP contribution in [-0.2, 0) is 0 Å². The number of anilines is 1. The van der Waals surface area contributed by atoms with Crippen molar-refractivity contribution in [3.05, 3.63) is 30.3 Å². The molecule has 1 aromatic rings. The largest absolute Gasteiger partial charge is 0.376 e. The Morgan fingerprint density at radius 2 is 1.76 bits per heavy atom. The number of hydrogen-bond donors (Lipinski definition) is 2. The maximum atomic E-state index is 10.6. The number of para-hydroxylation sites is 1. The maximum Gasteiger partial charge on any atom is 0.129 e. The van der Waals surface area contributed by atoms with Crippen LogP contribution in [0, 0.1) is 0 Å². The van der Waals surface area contributed by atoms with Crippen molar-refractivity contribution in [2.75, 3.05) is 24.7 Å². The van der Waals surface area contributed by atoms with Crippen molar-refractivity contribution < 1.29 is 5.11 Å². The standard InChI is InChI=1S/C17H27N3O/c1-16(2,3)19-11-9-17(10-12-19)15(21)18-13-20(17)14-7-5-4-6-8-14/h4-8,15,18,21H,9-13H2,1-3H3. The van der Waals surface area contributed by atoms with Crippen molar-refractivity contribution in [3.8, 4) is 0 Å². The Bertz CT molecular complexity index is 475. The van der Waals surface area contributed by atoms with Gasteiger partial charge in [-0.1, -0.05) is 18.2 Å². The van der Waals surface area contributed by atoms with Gasteiger partial charge in [0.1, 0.15) is 6.23 Å². The van der Waals surface area contributed by atoms with E-state index in [1.54, 1.807) is 0 Å². The van der Waals surface area contributed by atoms with Gasteiger partial charge in [0.25, 0.3) is 0 Å². The molecule has 0 aliphatic carbocycles. The summed E-state index contributed by atoms with van der Waals surface area (Å²) in [4.78, 5) is 4.88. The normalized spacial score (nSPS) is 26.5. The molecule has 0 radical (unpaired) electrons. The predicted octanol–water partition coefficient (Wildman–Crippen LogP) is 2.01. The van der Waals surface area contributed by atoms with Crippen LogP contribution in [0.1, 0.15) is 33.6 Å². The monoisotopic (exact) mass is 289 g/mol. The van der Waals surface area contributed by atoms with Gasteiger partial charge < -0.3 is 10.0 Å². The van der Waals surface area contributed by atoms with Crippen molar-refractivity contribution in [2.24, 2.45) is 0 Å². The van der Waals surface area contributed by atoms with E-state index in [2.05, 4.69) is 60.2 Å². The van der Waals surface area contributed by atoms with Gasteiger partial charge in [-0.15, -0.1) is 0 Å². The van der Waals surface area contributed by atoms with Crippen LogP contribution in [-0.4, -0.2) is 47.1 Å². The van der Waals surface area contributed by atoms with Crippen LogP contribution in [0.5, 0.6) is 0 Å². The summed E-state index contributed by atoms with van der Waals surface area (Å²) >= 11 is 0. The third kappa shape index (κ3) is 2.56. The SMILES string of the molecule is CC(C)(C)N1CCC2(CC1)C(O)NCN2c1ccccc1. The molecule has 2 fully saturated rings. The topological polar surface area (TPSA) is 38.7 Å². The first-order valence-corrected chi connectivity index (χ1v) is 7.93. The second-order valence-electron chi connectivity index (χ2n) is 7.29. The van der Waals surface area contributed by atoms with E-state index < -0.39 is 6.23 Å². The molecule has 1 aromatic carbocycles. The Labute approximate surface area is 127 Å². The van der Waals surface area contributed by atoms with Crippen molar-refractivity contribution >= 4 is 5.69 Å². The van der Waals surface area contributed by atoms with E-state index in [1.807, 2.05) is 6.07 Å². The smallest absolute Gasteiger partial charge is 0.129 e. The number of benzene rings is 1. The zero-order valence-electron chi connectivity index (χ0n) is 13.3. The van der Waals surface area contributed by atoms with E-state index in [0.29, 0.717) is 0 Å². The number of hydrogen-bond acceptors (Lipinski definition) is 4. The van der Waals surface area contributed by atoms with E-state index in [0.717, 1.165) is 32.6 Å². The number of rotatable bonds is 1. The molecular weight excluding hydrogens is 262 g/mol. The molecule has 3 rings (SSSR count). The van der Waals surface area contributed by atoms with Crippen LogP contribution >= 0.6 is 0 Å². The fourth-order valence-corrected chi connectivity index (χ4v) is 3.74. The molecule has 1 atom stereocenters. The van der Waals surface area contributed by atoms with E-state index in [9.17, 15) is 5.11 Å². The lowest BCUT2D eigenvalue weighted by Gasteiger charge is -2.49. The van der Waals surface area contributed by atoms with Gasteiger partial charge in [0.2, 0.25) is 0 Å². The summed E-state index contributed by atoms with van der Waals surface area (Å²) in [6.07, 6.45) is 1.54. The van der Waals surface area contributed by atoms with Crippen LogP contribution in [0.15, 0.2) is 30.3 Å². The summed E-state index contributed by atoms with van der Waals surface area (Å²) in [5, 5.41) is 13.8. The van der Waals surface area contributed by atoms with E-state index in [4.69, 9.17) is 0 Å². The zero-order chi connectivity index (χ0) is 15.1. The minimum Gasteiger partial charge on any atom is -0.376 e. The number of aliphatic hydroxyl groups is 1. The first kappa shape index (κ1) is 14.8. The molecule has 4 nitrogen and oxygen atoms in total. The highest BCUT2D eigenvalue weighted by Crippen LogP contribution is 2.39. The summed E-state index contributed by atoms with van der Waals surface area (Å²) in [7, 11) is 0. The van der Waals surface area contributed by atoms with Crippen molar-refractivity contribution in [2.45, 2.75) is 50.9 Å². The summed E-state index contributed by atoms with van der Waals surface area (Å²) in [6.45, 7) is 9.59. The van der Waals surface area contributed by atoms with Gasteiger partial charge in [-0.3, -0.25) is 10.2 Å². The summed E-state index contributed by atoms with van der Waals surface area (Å²) in [6, 6.07) is 10.4. The Morgan fingerprint density at radius 1 is 1.14 bits per heavy atom. The van der Waals surface area contributed by atoms with E-state index in [1.165, 1.54) is 5.69 Å². The molecule has 0 aromatic heterocycles. The summed E-state index contributed by atoms with van der Waals surface area (Å²) in [5.74, 6) is 0. The summed E-state index contributed by atoms with van der Waals surface area (Å²) in [5.41, 5.74) is 1.24. The lowest BCUT2D eigenvalue weighted by molar-refractivity contribution is 0.0168. The van der Waals surface area contributed by atoms with E-state index in [-0.39, 0.29) is 11.1 Å². The number of likely N-dealkylation sites (tertiary alicyclic amines) is 1. The Kier molecular flexibility index (Phi) is 3.72. The highest BCUT2D eigenvalue weighted by molar-refractivity contribution is 5.51. The molecule has 0 bridgehead atoms. The Hall–Kier alpha value is -1.10. The van der Waals surface area contributed by atoms with Crippen LogP contribution in [0.2, 0.25) is 0 Å². The highest BCUT2D eigenvalue weighted by atomic mass is 16.3. The minimum atomic E-state index is -0.445. The summed E-state index contributed by atoms with van der Waals surface area (Å²) < 4.78 is 0. The third-order valence-corrected chi connectivity index (χ3v) is 5.14. The first-order valence-electron chi connectivity index (χ1n) is 7.93. The molecule has 0 saturated carbocycles. The van der Waals surface area contributed by atoms with Gasteiger partial charge >= 0.3 is 0 Å². The van der Waals surface area contributed by atoms with Gasteiger partial charge in [0, 0.05) is 24.3 Å². The zero-order valence-corrected chi connectivity index (χ0v) is 13.3. The third-order valence-electron chi connectivity index (χ3n) is 5.14. The Balaban J connectivity index is 1.82. The first-order chi connectivity index (χ1) is 9.93. The molecule has 116 valence electrons. The quantitative estimate of drug-likeness (QED) is 0.829. The van der Waals surface area contributed by atoms with Gasteiger partial charge in [0.05, 0.1) is 12.2 Å². The molecule has 0 amide bonds. The highest BCUT2D eigenvalue weighted by Gasteiger charge is 2.50. The van der Waals surface area contributed by atoms with Crippen molar-refractivity contribution in [1.29, 1.82) is 0 Å². The molecule has 1 unspecified atom stereocenters. The van der Waals surface area contributed by atoms with Gasteiger partial charge in [0.15, 0.2) is 0 Å². The van der Waals surface area contributed by atoms with Gasteiger partial charge in [-0.05, 0) is 45.7 Å².